The quantitative estimate of drug-likeness (QED) is 0.677. The van der Waals surface area contributed by atoms with Crippen LogP contribution < -0.4 is 5.32 Å². The smallest absolute Gasteiger partial charge is 0.343 e. The van der Waals surface area contributed by atoms with Gasteiger partial charge < -0.3 is 5.32 Å². The maximum Gasteiger partial charge on any atom is 0.405 e. The second kappa shape index (κ2) is 6.55. The fraction of sp³-hybridized carbons (Fsp3) is 0.133. The molecule has 0 heterocycles. The average molecular weight is 326 g/mol. The summed E-state index contributed by atoms with van der Waals surface area (Å²) in [5.41, 5.74) is 0.420. The number of nitrogens with one attached hydrogen (secondary N) is 1. The zero-order valence-electron chi connectivity index (χ0n) is 11.5. The Bertz CT molecular complexity index is 727. The Kier molecular flexibility index (Phi) is 4.73. The van der Waals surface area contributed by atoms with Crippen molar-refractivity contribution in [2.45, 2.75) is 6.18 Å². The zero-order valence-corrected chi connectivity index (χ0v) is 11.5. The summed E-state index contributed by atoms with van der Waals surface area (Å²) in [4.78, 5) is 22.6. The van der Waals surface area contributed by atoms with Gasteiger partial charge in [0.2, 0.25) is 0 Å². The summed E-state index contributed by atoms with van der Waals surface area (Å²) in [6.45, 7) is -1.51. The van der Waals surface area contributed by atoms with Crippen molar-refractivity contribution in [2.24, 2.45) is 5.18 Å². The lowest BCUT2D eigenvalue weighted by atomic mass is 9.98. The third kappa shape index (κ3) is 4.35. The van der Waals surface area contributed by atoms with E-state index in [4.69, 9.17) is 0 Å². The lowest BCUT2D eigenvalue weighted by Crippen LogP contribution is -2.33. The first kappa shape index (κ1) is 16.6. The third-order valence-electron chi connectivity index (χ3n) is 2.96. The van der Waals surface area contributed by atoms with E-state index in [1.807, 2.05) is 0 Å². The number of carbonyl (C=O) groups is 1. The van der Waals surface area contributed by atoms with Gasteiger partial charge in [-0.25, -0.2) is 4.39 Å². The van der Waals surface area contributed by atoms with Crippen molar-refractivity contribution >= 4 is 11.6 Å². The molecule has 2 aromatic carbocycles. The molecule has 2 rings (SSSR count). The molecular weight excluding hydrogens is 316 g/mol. The van der Waals surface area contributed by atoms with E-state index in [0.29, 0.717) is 5.56 Å². The average Bonchev–Trinajstić information content (AvgIpc) is 2.52. The minimum absolute atomic E-state index is 0.104. The SMILES string of the molecule is O=Nc1ccc(-c2ccc(F)cc2)c(C(=O)NCC(F)(F)F)c1. The summed E-state index contributed by atoms with van der Waals surface area (Å²) in [6, 6.07) is 8.81. The molecule has 0 saturated carbocycles. The summed E-state index contributed by atoms with van der Waals surface area (Å²) in [6.07, 6.45) is -4.56. The molecule has 2 aromatic rings. The number of nitrogens with zero attached hydrogens (tertiary/aromatic N) is 1. The zero-order chi connectivity index (χ0) is 17.0. The van der Waals surface area contributed by atoms with E-state index in [9.17, 15) is 27.3 Å². The lowest BCUT2D eigenvalue weighted by molar-refractivity contribution is -0.123. The van der Waals surface area contributed by atoms with Gasteiger partial charge in [-0.1, -0.05) is 18.2 Å². The molecule has 0 aromatic heterocycles. The first-order chi connectivity index (χ1) is 10.8. The number of halogens is 4. The predicted octanol–water partition coefficient (Wildman–Crippen LogP) is 4.18. The van der Waals surface area contributed by atoms with Crippen LogP contribution in [-0.4, -0.2) is 18.6 Å². The van der Waals surface area contributed by atoms with Gasteiger partial charge in [-0.2, -0.15) is 13.2 Å². The van der Waals surface area contributed by atoms with Gasteiger partial charge in [0.1, 0.15) is 18.0 Å². The van der Waals surface area contributed by atoms with Gasteiger partial charge in [0, 0.05) is 5.56 Å². The van der Waals surface area contributed by atoms with Crippen LogP contribution >= 0.6 is 0 Å². The molecule has 1 N–H and O–H groups in total. The molecule has 8 heteroatoms. The molecule has 0 spiro atoms. The van der Waals surface area contributed by atoms with Gasteiger partial charge >= 0.3 is 6.18 Å². The lowest BCUT2D eigenvalue weighted by Gasteiger charge is -2.12. The Hall–Kier alpha value is -2.77. The van der Waals surface area contributed by atoms with Crippen LogP contribution in [0, 0.1) is 10.7 Å². The molecule has 23 heavy (non-hydrogen) atoms. The Labute approximate surface area is 128 Å². The van der Waals surface area contributed by atoms with E-state index >= 15 is 0 Å². The normalized spacial score (nSPS) is 11.1. The molecule has 4 nitrogen and oxygen atoms in total. The number of carbonyl (C=O) groups excluding carboxylic acids is 1. The predicted molar refractivity (Wildman–Crippen MR) is 75.7 cm³/mol. The van der Waals surface area contributed by atoms with Crippen molar-refractivity contribution in [1.82, 2.24) is 5.32 Å². The van der Waals surface area contributed by atoms with Gasteiger partial charge in [0.25, 0.3) is 5.91 Å². The Morgan fingerprint density at radius 1 is 1.09 bits per heavy atom. The minimum atomic E-state index is -4.56. The molecule has 0 fully saturated rings. The highest BCUT2D eigenvalue weighted by Gasteiger charge is 2.28. The minimum Gasteiger partial charge on any atom is -0.343 e. The summed E-state index contributed by atoms with van der Waals surface area (Å²) in [7, 11) is 0. The van der Waals surface area contributed by atoms with E-state index < -0.39 is 24.4 Å². The van der Waals surface area contributed by atoms with Crippen molar-refractivity contribution in [3.8, 4) is 11.1 Å². The van der Waals surface area contributed by atoms with E-state index in [1.165, 1.54) is 24.3 Å². The van der Waals surface area contributed by atoms with Gasteiger partial charge in [-0.15, -0.1) is 4.91 Å². The summed E-state index contributed by atoms with van der Waals surface area (Å²) in [5, 5.41) is 4.39. The summed E-state index contributed by atoms with van der Waals surface area (Å²) < 4.78 is 49.6. The van der Waals surface area contributed by atoms with E-state index in [-0.39, 0.29) is 16.8 Å². The van der Waals surface area contributed by atoms with Gasteiger partial charge in [-0.05, 0) is 40.6 Å². The van der Waals surface area contributed by atoms with Crippen molar-refractivity contribution in [1.29, 1.82) is 0 Å². The highest BCUT2D eigenvalue weighted by molar-refractivity contribution is 6.01. The maximum absolute atomic E-state index is 13.0. The Morgan fingerprint density at radius 3 is 2.30 bits per heavy atom. The topological polar surface area (TPSA) is 58.5 Å². The monoisotopic (exact) mass is 326 g/mol. The number of alkyl halides is 3. The van der Waals surface area contributed by atoms with Crippen LogP contribution in [0.25, 0.3) is 11.1 Å². The molecule has 0 bridgehead atoms. The molecule has 0 saturated heterocycles. The van der Waals surface area contributed by atoms with Gasteiger partial charge in [0.15, 0.2) is 0 Å². The van der Waals surface area contributed by atoms with Crippen LogP contribution in [0.2, 0.25) is 0 Å². The van der Waals surface area contributed by atoms with Crippen molar-refractivity contribution in [3.63, 3.8) is 0 Å². The molecule has 0 aliphatic carbocycles. The molecule has 0 aliphatic rings. The van der Waals surface area contributed by atoms with Gasteiger partial charge in [0.05, 0.1) is 0 Å². The first-order valence-electron chi connectivity index (χ1n) is 6.38. The number of hydrogen-bond donors (Lipinski definition) is 1. The van der Waals surface area contributed by atoms with Crippen molar-refractivity contribution in [2.75, 3.05) is 6.54 Å². The Balaban J connectivity index is 2.41. The van der Waals surface area contributed by atoms with Crippen LogP contribution in [0.3, 0.4) is 0 Å². The molecule has 0 atom stereocenters. The van der Waals surface area contributed by atoms with Crippen LogP contribution in [0.1, 0.15) is 10.4 Å². The number of amides is 1. The third-order valence-corrected chi connectivity index (χ3v) is 2.96. The van der Waals surface area contributed by atoms with Crippen molar-refractivity contribution in [3.05, 3.63) is 58.8 Å². The fourth-order valence-electron chi connectivity index (χ4n) is 1.93. The van der Waals surface area contributed by atoms with E-state index in [2.05, 4.69) is 5.18 Å². The number of hydrogen-bond acceptors (Lipinski definition) is 3. The molecular formula is C15H10F4N2O2. The van der Waals surface area contributed by atoms with E-state index in [1.54, 1.807) is 5.32 Å². The molecule has 0 aliphatic heterocycles. The highest BCUT2D eigenvalue weighted by Crippen LogP contribution is 2.28. The number of rotatable bonds is 4. The second-order valence-corrected chi connectivity index (χ2v) is 4.63. The Morgan fingerprint density at radius 2 is 1.74 bits per heavy atom. The van der Waals surface area contributed by atoms with Crippen molar-refractivity contribution < 1.29 is 22.4 Å². The molecule has 120 valence electrons. The summed E-state index contributed by atoms with van der Waals surface area (Å²) >= 11 is 0. The largest absolute Gasteiger partial charge is 0.405 e. The van der Waals surface area contributed by atoms with Gasteiger partial charge in [-0.3, -0.25) is 4.79 Å². The molecule has 1 amide bonds. The fourth-order valence-corrected chi connectivity index (χ4v) is 1.93. The standard InChI is InChI=1S/C15H10F4N2O2/c16-10-3-1-9(2-4-10)12-6-5-11(21-23)7-13(12)14(22)20-8-15(17,18)19/h1-7H,8H2,(H,20,22). The number of benzene rings is 2. The maximum atomic E-state index is 13.0. The molecule has 0 radical (unpaired) electrons. The first-order valence-corrected chi connectivity index (χ1v) is 6.38. The van der Waals surface area contributed by atoms with Crippen LogP contribution in [0.4, 0.5) is 23.2 Å². The van der Waals surface area contributed by atoms with Crippen LogP contribution in [0.15, 0.2) is 47.6 Å². The number of nitroso groups, excluding NO2 is 1. The second-order valence-electron chi connectivity index (χ2n) is 4.63. The van der Waals surface area contributed by atoms with Crippen LogP contribution in [-0.2, 0) is 0 Å². The van der Waals surface area contributed by atoms with E-state index in [0.717, 1.165) is 18.2 Å². The molecule has 0 unspecified atom stereocenters. The highest BCUT2D eigenvalue weighted by atomic mass is 19.4. The van der Waals surface area contributed by atoms with Crippen LogP contribution in [0.5, 0.6) is 0 Å². The summed E-state index contributed by atoms with van der Waals surface area (Å²) in [5.74, 6) is -1.50.